The van der Waals surface area contributed by atoms with Gasteiger partial charge in [-0.25, -0.2) is 8.42 Å². The molecular weight excluding hydrogens is 234 g/mol. The summed E-state index contributed by atoms with van der Waals surface area (Å²) >= 11 is 0. The van der Waals surface area contributed by atoms with Crippen LogP contribution in [0.3, 0.4) is 0 Å². The van der Waals surface area contributed by atoms with Gasteiger partial charge in [-0.2, -0.15) is 0 Å². The molecule has 1 aliphatic rings. The molecule has 0 heterocycles. The van der Waals surface area contributed by atoms with E-state index in [1.54, 1.807) is 0 Å². The summed E-state index contributed by atoms with van der Waals surface area (Å²) < 4.78 is 22.3. The van der Waals surface area contributed by atoms with Gasteiger partial charge in [0.1, 0.15) is 9.84 Å². The van der Waals surface area contributed by atoms with Crippen molar-refractivity contribution in [2.75, 3.05) is 25.6 Å². The average molecular weight is 261 g/mol. The second kappa shape index (κ2) is 7.37. The van der Waals surface area contributed by atoms with Crippen molar-refractivity contribution >= 4 is 9.84 Å². The summed E-state index contributed by atoms with van der Waals surface area (Å²) in [6, 6.07) is 0. The van der Waals surface area contributed by atoms with Crippen molar-refractivity contribution in [1.29, 1.82) is 0 Å². The Morgan fingerprint density at radius 1 is 1.12 bits per heavy atom. The third kappa shape index (κ3) is 6.41. The Kier molecular flexibility index (Phi) is 6.49. The quantitative estimate of drug-likeness (QED) is 0.746. The molecule has 0 spiro atoms. The second-order valence-electron chi connectivity index (χ2n) is 5.49. The fraction of sp³-hybridized carbons (Fsp3) is 1.00. The van der Waals surface area contributed by atoms with E-state index in [1.807, 2.05) is 7.05 Å². The SMILES string of the molecule is CNCC1CCCCCC1CCCS(C)(=O)=O. The summed E-state index contributed by atoms with van der Waals surface area (Å²) in [6.45, 7) is 1.09. The van der Waals surface area contributed by atoms with Crippen LogP contribution in [-0.4, -0.2) is 34.0 Å². The van der Waals surface area contributed by atoms with Crippen molar-refractivity contribution in [3.63, 3.8) is 0 Å². The van der Waals surface area contributed by atoms with Crippen molar-refractivity contribution < 1.29 is 8.42 Å². The van der Waals surface area contributed by atoms with E-state index < -0.39 is 9.84 Å². The van der Waals surface area contributed by atoms with E-state index in [0.29, 0.717) is 5.75 Å². The number of hydrogen-bond acceptors (Lipinski definition) is 3. The molecule has 0 amide bonds. The Morgan fingerprint density at radius 3 is 2.35 bits per heavy atom. The second-order valence-corrected chi connectivity index (χ2v) is 7.75. The molecule has 1 fully saturated rings. The van der Waals surface area contributed by atoms with Gasteiger partial charge in [-0.1, -0.05) is 25.7 Å². The molecule has 3 nitrogen and oxygen atoms in total. The van der Waals surface area contributed by atoms with Crippen molar-refractivity contribution in [2.45, 2.75) is 44.9 Å². The highest BCUT2D eigenvalue weighted by molar-refractivity contribution is 7.90. The molecule has 0 radical (unpaired) electrons. The highest BCUT2D eigenvalue weighted by Crippen LogP contribution is 2.31. The van der Waals surface area contributed by atoms with Gasteiger partial charge in [0.2, 0.25) is 0 Å². The van der Waals surface area contributed by atoms with E-state index in [9.17, 15) is 8.42 Å². The Balaban J connectivity index is 2.40. The summed E-state index contributed by atoms with van der Waals surface area (Å²) in [5.74, 6) is 1.84. The molecule has 4 heteroatoms. The molecule has 2 unspecified atom stereocenters. The standard InChI is InChI=1S/C13H27NO2S/c1-14-11-13-8-5-3-4-7-12(13)9-6-10-17(2,15)16/h12-14H,3-11H2,1-2H3. The van der Waals surface area contributed by atoms with Crippen molar-refractivity contribution in [1.82, 2.24) is 5.32 Å². The normalized spacial score (nSPS) is 26.7. The molecule has 0 saturated heterocycles. The molecule has 0 aromatic heterocycles. The highest BCUT2D eigenvalue weighted by Gasteiger charge is 2.22. The maximum absolute atomic E-state index is 11.1. The van der Waals surface area contributed by atoms with Crippen molar-refractivity contribution in [3.8, 4) is 0 Å². The van der Waals surface area contributed by atoms with E-state index >= 15 is 0 Å². The van der Waals surface area contributed by atoms with E-state index in [4.69, 9.17) is 0 Å². The smallest absolute Gasteiger partial charge is 0.147 e. The lowest BCUT2D eigenvalue weighted by atomic mass is 9.84. The number of sulfone groups is 1. The topological polar surface area (TPSA) is 46.2 Å². The summed E-state index contributed by atoms with van der Waals surface area (Å²) in [6.07, 6.45) is 9.87. The first-order chi connectivity index (χ1) is 8.03. The Bertz CT molecular complexity index is 301. The number of rotatable bonds is 6. The zero-order valence-corrected chi connectivity index (χ0v) is 12.1. The van der Waals surface area contributed by atoms with Crippen LogP contribution in [0.1, 0.15) is 44.9 Å². The minimum atomic E-state index is -2.78. The lowest BCUT2D eigenvalue weighted by Gasteiger charge is -2.24. The molecule has 0 aromatic rings. The van der Waals surface area contributed by atoms with Gasteiger partial charge < -0.3 is 5.32 Å². The van der Waals surface area contributed by atoms with Crippen LogP contribution in [0.4, 0.5) is 0 Å². The van der Waals surface area contributed by atoms with Crippen LogP contribution >= 0.6 is 0 Å². The first-order valence-electron chi connectivity index (χ1n) is 6.85. The van der Waals surface area contributed by atoms with Crippen LogP contribution in [-0.2, 0) is 9.84 Å². The monoisotopic (exact) mass is 261 g/mol. The molecule has 102 valence electrons. The van der Waals surface area contributed by atoms with Gasteiger partial charge in [-0.3, -0.25) is 0 Å². The van der Waals surface area contributed by atoms with Crippen LogP contribution in [0, 0.1) is 11.8 Å². The third-order valence-corrected chi connectivity index (χ3v) is 4.90. The van der Waals surface area contributed by atoms with Crippen LogP contribution in [0.2, 0.25) is 0 Å². The largest absolute Gasteiger partial charge is 0.319 e. The predicted octanol–water partition coefficient (Wildman–Crippen LogP) is 2.23. The summed E-state index contributed by atoms with van der Waals surface area (Å²) in [4.78, 5) is 0. The Hall–Kier alpha value is -0.0900. The molecule has 0 aromatic carbocycles. The molecule has 0 aliphatic heterocycles. The van der Waals surface area contributed by atoms with Gasteiger partial charge in [-0.15, -0.1) is 0 Å². The van der Waals surface area contributed by atoms with E-state index in [-0.39, 0.29) is 0 Å². The molecule has 17 heavy (non-hydrogen) atoms. The molecule has 1 rings (SSSR count). The van der Waals surface area contributed by atoms with Crippen LogP contribution < -0.4 is 5.32 Å². The van der Waals surface area contributed by atoms with Crippen molar-refractivity contribution in [3.05, 3.63) is 0 Å². The van der Waals surface area contributed by atoms with Crippen LogP contribution in [0.5, 0.6) is 0 Å². The first-order valence-corrected chi connectivity index (χ1v) is 8.91. The Labute approximate surface area is 106 Å². The van der Waals surface area contributed by atoms with Gasteiger partial charge in [0.25, 0.3) is 0 Å². The summed E-state index contributed by atoms with van der Waals surface area (Å²) in [5.41, 5.74) is 0. The molecule has 1 aliphatic carbocycles. The molecule has 1 N–H and O–H groups in total. The average Bonchev–Trinajstić information content (AvgIpc) is 2.43. The van der Waals surface area contributed by atoms with Gasteiger partial charge in [-0.05, 0) is 44.7 Å². The van der Waals surface area contributed by atoms with Gasteiger partial charge in [0.05, 0.1) is 0 Å². The van der Waals surface area contributed by atoms with Crippen LogP contribution in [0.15, 0.2) is 0 Å². The first kappa shape index (κ1) is 15.0. The molecule has 1 saturated carbocycles. The van der Waals surface area contributed by atoms with Gasteiger partial charge in [0.15, 0.2) is 0 Å². The van der Waals surface area contributed by atoms with E-state index in [1.165, 1.54) is 38.4 Å². The fourth-order valence-corrected chi connectivity index (χ4v) is 3.67. The minimum absolute atomic E-state index is 0.357. The zero-order valence-electron chi connectivity index (χ0n) is 11.2. The Morgan fingerprint density at radius 2 is 1.76 bits per heavy atom. The summed E-state index contributed by atoms with van der Waals surface area (Å²) in [5, 5.41) is 3.28. The lowest BCUT2D eigenvalue weighted by Crippen LogP contribution is -2.25. The maximum atomic E-state index is 11.1. The third-order valence-electron chi connectivity index (χ3n) is 3.87. The predicted molar refractivity (Wildman–Crippen MR) is 72.9 cm³/mol. The van der Waals surface area contributed by atoms with E-state index in [0.717, 1.165) is 31.2 Å². The number of nitrogens with one attached hydrogen (secondary N) is 1. The van der Waals surface area contributed by atoms with E-state index in [2.05, 4.69) is 5.32 Å². The molecular formula is C13H27NO2S. The summed E-state index contributed by atoms with van der Waals surface area (Å²) in [7, 11) is -0.767. The lowest BCUT2D eigenvalue weighted by molar-refractivity contribution is 0.287. The van der Waals surface area contributed by atoms with Gasteiger partial charge >= 0.3 is 0 Å². The minimum Gasteiger partial charge on any atom is -0.319 e. The molecule has 2 atom stereocenters. The highest BCUT2D eigenvalue weighted by atomic mass is 32.2. The van der Waals surface area contributed by atoms with Crippen LogP contribution in [0.25, 0.3) is 0 Å². The fourth-order valence-electron chi connectivity index (χ4n) is 2.98. The van der Waals surface area contributed by atoms with Gasteiger partial charge in [0, 0.05) is 12.0 Å². The van der Waals surface area contributed by atoms with Crippen molar-refractivity contribution in [2.24, 2.45) is 11.8 Å². The molecule has 0 bridgehead atoms. The zero-order chi connectivity index (χ0) is 12.7. The number of hydrogen-bond donors (Lipinski definition) is 1. The maximum Gasteiger partial charge on any atom is 0.147 e.